The van der Waals surface area contributed by atoms with Crippen LogP contribution in [0.15, 0.2) is 41.2 Å². The van der Waals surface area contributed by atoms with Crippen molar-refractivity contribution in [3.63, 3.8) is 0 Å². The van der Waals surface area contributed by atoms with Gasteiger partial charge in [0.25, 0.3) is 5.56 Å². The Balaban J connectivity index is 1.43. The molecule has 0 unspecified atom stereocenters. The molecule has 0 aliphatic carbocycles. The number of aromatic nitrogens is 3. The van der Waals surface area contributed by atoms with Crippen LogP contribution in [0.2, 0.25) is 0 Å². The van der Waals surface area contributed by atoms with Crippen LogP contribution in [0.25, 0.3) is 33.3 Å². The van der Waals surface area contributed by atoms with Crippen LogP contribution in [0.3, 0.4) is 0 Å². The molecule has 1 amide bonds. The minimum atomic E-state index is -0.521. The van der Waals surface area contributed by atoms with Gasteiger partial charge >= 0.3 is 0 Å². The summed E-state index contributed by atoms with van der Waals surface area (Å²) >= 11 is 0. The van der Waals surface area contributed by atoms with E-state index in [0.717, 1.165) is 32.6 Å². The number of hydrogen-bond acceptors (Lipinski definition) is 6. The highest BCUT2D eigenvalue weighted by Crippen LogP contribution is 2.30. The lowest BCUT2D eigenvalue weighted by Gasteiger charge is -2.24. The Bertz CT molecular complexity index is 1480. The summed E-state index contributed by atoms with van der Waals surface area (Å²) in [5, 5.41) is 0.147. The Kier molecular flexibility index (Phi) is 6.00. The van der Waals surface area contributed by atoms with Gasteiger partial charge in [-0.05, 0) is 56.9 Å². The Hall–Kier alpha value is -3.76. The molecule has 182 valence electrons. The fourth-order valence-corrected chi connectivity index (χ4v) is 4.59. The molecule has 3 heterocycles. The Morgan fingerprint density at radius 2 is 1.97 bits per heavy atom. The van der Waals surface area contributed by atoms with Crippen LogP contribution in [-0.2, 0) is 4.79 Å². The maximum atomic E-state index is 14.4. The van der Waals surface area contributed by atoms with Crippen LogP contribution < -0.4 is 16.2 Å². The number of benzene rings is 2. The predicted molar refractivity (Wildman–Crippen MR) is 136 cm³/mol. The Morgan fingerprint density at radius 3 is 2.80 bits per heavy atom. The minimum Gasteiger partial charge on any atom is -0.397 e. The number of fused-ring (bicyclic) bond motifs is 2. The summed E-state index contributed by atoms with van der Waals surface area (Å²) in [6, 6.07) is 9.81. The molecule has 10 heteroatoms. The van der Waals surface area contributed by atoms with Crippen LogP contribution >= 0.6 is 0 Å². The molecule has 0 saturated carbocycles. The van der Waals surface area contributed by atoms with Gasteiger partial charge in [0.2, 0.25) is 5.91 Å². The number of nitrogens with one attached hydrogen (secondary N) is 2. The number of aromatic amines is 2. The van der Waals surface area contributed by atoms with Crippen molar-refractivity contribution in [3.05, 3.63) is 52.6 Å². The van der Waals surface area contributed by atoms with Gasteiger partial charge in [0.05, 0.1) is 34.2 Å². The molecule has 5 rings (SSSR count). The quantitative estimate of drug-likeness (QED) is 0.416. The van der Waals surface area contributed by atoms with Crippen LogP contribution in [0.4, 0.5) is 15.8 Å². The molecule has 4 N–H and O–H groups in total. The van der Waals surface area contributed by atoms with Crippen LogP contribution in [-0.4, -0.2) is 77.5 Å². The second-order valence-corrected chi connectivity index (χ2v) is 9.08. The summed E-state index contributed by atoms with van der Waals surface area (Å²) in [5.74, 6) is -0.282. The van der Waals surface area contributed by atoms with Crippen molar-refractivity contribution in [2.75, 3.05) is 57.5 Å². The van der Waals surface area contributed by atoms with Gasteiger partial charge in [-0.2, -0.15) is 0 Å². The second kappa shape index (κ2) is 9.12. The third kappa shape index (κ3) is 4.38. The van der Waals surface area contributed by atoms with E-state index in [1.165, 1.54) is 12.1 Å². The molecule has 9 nitrogen and oxygen atoms in total. The van der Waals surface area contributed by atoms with Gasteiger partial charge in [-0.15, -0.1) is 0 Å². The highest BCUT2D eigenvalue weighted by atomic mass is 19.1. The molecule has 0 radical (unpaired) electrons. The number of halogens is 1. The molecule has 0 spiro atoms. The number of H-pyrrole nitrogens is 2. The number of carbonyl (C=O) groups excluding carboxylic acids is 1. The summed E-state index contributed by atoms with van der Waals surface area (Å²) in [7, 11) is 3.85. The topological polar surface area (TPSA) is 114 Å². The number of anilines is 2. The van der Waals surface area contributed by atoms with E-state index in [9.17, 15) is 14.0 Å². The summed E-state index contributed by atoms with van der Waals surface area (Å²) in [6.07, 6.45) is 1.04. The SMILES string of the molecule is CN1CCCN(CC(=O)N(C)c2ccc3nc(-c4c(N)c5c(F)cccc5[nH]c4=O)[nH]c3c2)CC1. The third-order valence-corrected chi connectivity index (χ3v) is 6.66. The van der Waals surface area contributed by atoms with Crippen molar-refractivity contribution in [2.45, 2.75) is 6.42 Å². The first-order chi connectivity index (χ1) is 16.8. The normalized spacial score (nSPS) is 15.5. The number of hydrogen-bond donors (Lipinski definition) is 3. The summed E-state index contributed by atoms with van der Waals surface area (Å²) < 4.78 is 14.4. The van der Waals surface area contributed by atoms with Crippen molar-refractivity contribution in [2.24, 2.45) is 0 Å². The van der Waals surface area contributed by atoms with Gasteiger partial charge in [-0.1, -0.05) is 6.07 Å². The lowest BCUT2D eigenvalue weighted by Crippen LogP contribution is -2.40. The smallest absolute Gasteiger partial charge is 0.261 e. The lowest BCUT2D eigenvalue weighted by molar-refractivity contribution is -0.119. The number of likely N-dealkylation sites (N-methyl/N-ethyl adjacent to an activating group) is 2. The van der Waals surface area contributed by atoms with E-state index < -0.39 is 11.4 Å². The van der Waals surface area contributed by atoms with Gasteiger partial charge in [0.15, 0.2) is 0 Å². The minimum absolute atomic E-state index is 0.000616. The number of imidazole rings is 1. The average Bonchev–Trinajstić information content (AvgIpc) is 3.13. The Morgan fingerprint density at radius 1 is 1.14 bits per heavy atom. The molecule has 0 atom stereocenters. The molecule has 1 saturated heterocycles. The highest BCUT2D eigenvalue weighted by molar-refractivity contribution is 5.99. The number of nitrogens with two attached hydrogens (primary N) is 1. The van der Waals surface area contributed by atoms with Gasteiger partial charge in [-0.25, -0.2) is 9.37 Å². The first kappa shape index (κ1) is 23.0. The molecule has 1 fully saturated rings. The van der Waals surface area contributed by atoms with Gasteiger partial charge in [-0.3, -0.25) is 14.5 Å². The van der Waals surface area contributed by atoms with Crippen molar-refractivity contribution in [1.29, 1.82) is 0 Å². The predicted octanol–water partition coefficient (Wildman–Crippen LogP) is 2.39. The third-order valence-electron chi connectivity index (χ3n) is 6.66. The number of pyridine rings is 1. The molecule has 2 aromatic heterocycles. The van der Waals surface area contributed by atoms with E-state index in [4.69, 9.17) is 5.73 Å². The number of rotatable bonds is 4. The first-order valence-corrected chi connectivity index (χ1v) is 11.6. The standard InChI is InChI=1S/C25H28FN7O2/c1-31-9-4-10-33(12-11-31)14-20(34)32(2)15-7-8-17-19(13-15)29-24(28-17)22-23(27)21-16(26)5-3-6-18(21)30-25(22)35/h3,5-8,13H,4,9-12,14H2,1-2H3,(H,28,29)(H3,27,30,35). The molecule has 4 aromatic rings. The zero-order valence-corrected chi connectivity index (χ0v) is 19.8. The fourth-order valence-electron chi connectivity index (χ4n) is 4.59. The molecule has 0 bridgehead atoms. The van der Waals surface area contributed by atoms with Gasteiger partial charge in [0.1, 0.15) is 17.2 Å². The summed E-state index contributed by atoms with van der Waals surface area (Å²) in [5.41, 5.74) is 8.14. The molecular formula is C25H28FN7O2. The van der Waals surface area contributed by atoms with E-state index in [1.807, 2.05) is 12.1 Å². The molecule has 1 aliphatic heterocycles. The lowest BCUT2D eigenvalue weighted by atomic mass is 10.1. The van der Waals surface area contributed by atoms with Crippen LogP contribution in [0.1, 0.15) is 6.42 Å². The Labute approximate surface area is 201 Å². The number of nitrogens with zero attached hydrogens (tertiary/aromatic N) is 4. The zero-order chi connectivity index (χ0) is 24.7. The first-order valence-electron chi connectivity index (χ1n) is 11.6. The molecule has 35 heavy (non-hydrogen) atoms. The van der Waals surface area contributed by atoms with E-state index in [-0.39, 0.29) is 28.4 Å². The average molecular weight is 478 g/mol. The van der Waals surface area contributed by atoms with Crippen molar-refractivity contribution >= 4 is 39.2 Å². The highest BCUT2D eigenvalue weighted by Gasteiger charge is 2.21. The van der Waals surface area contributed by atoms with Gasteiger partial charge in [0, 0.05) is 25.8 Å². The van der Waals surface area contributed by atoms with Crippen LogP contribution in [0, 0.1) is 5.82 Å². The van der Waals surface area contributed by atoms with E-state index in [2.05, 4.69) is 31.8 Å². The maximum Gasteiger partial charge on any atom is 0.261 e. The molecule has 2 aromatic carbocycles. The van der Waals surface area contributed by atoms with E-state index >= 15 is 0 Å². The zero-order valence-electron chi connectivity index (χ0n) is 19.8. The molecular weight excluding hydrogens is 449 g/mol. The van der Waals surface area contributed by atoms with Crippen molar-refractivity contribution in [1.82, 2.24) is 24.8 Å². The molecule has 1 aliphatic rings. The second-order valence-electron chi connectivity index (χ2n) is 9.08. The monoisotopic (exact) mass is 477 g/mol. The summed E-state index contributed by atoms with van der Waals surface area (Å²) in [6.45, 7) is 4.10. The van der Waals surface area contributed by atoms with E-state index in [0.29, 0.717) is 28.8 Å². The van der Waals surface area contributed by atoms with E-state index in [1.54, 1.807) is 24.1 Å². The maximum absolute atomic E-state index is 14.4. The number of nitrogen functional groups attached to an aromatic ring is 1. The summed E-state index contributed by atoms with van der Waals surface area (Å²) in [4.78, 5) is 42.1. The number of carbonyl (C=O) groups is 1. The number of amides is 1. The van der Waals surface area contributed by atoms with Crippen LogP contribution in [0.5, 0.6) is 0 Å². The van der Waals surface area contributed by atoms with Gasteiger partial charge < -0.3 is 25.5 Å². The fraction of sp³-hybridized carbons (Fsp3) is 0.320. The van der Waals surface area contributed by atoms with Crippen molar-refractivity contribution < 1.29 is 9.18 Å². The van der Waals surface area contributed by atoms with Crippen molar-refractivity contribution in [3.8, 4) is 11.4 Å². The largest absolute Gasteiger partial charge is 0.397 e.